The highest BCUT2D eigenvalue weighted by molar-refractivity contribution is 7.21. The summed E-state index contributed by atoms with van der Waals surface area (Å²) in [5.41, 5.74) is 2.83. The third kappa shape index (κ3) is 4.03. The minimum absolute atomic E-state index is 0.408. The van der Waals surface area contributed by atoms with Gasteiger partial charge < -0.3 is 10.6 Å². The maximum atomic E-state index is 12.3. The topological polar surface area (TPSA) is 66.9 Å². The molecule has 0 saturated heterocycles. The summed E-state index contributed by atoms with van der Waals surface area (Å²) in [5.74, 6) is 0. The molecule has 0 spiro atoms. The normalized spacial score (nSPS) is 10.7. The van der Waals surface area contributed by atoms with Crippen LogP contribution in [0.3, 0.4) is 0 Å². The average molecular weight is 415 g/mol. The highest BCUT2D eigenvalue weighted by Crippen LogP contribution is 2.30. The maximum absolute atomic E-state index is 12.3. The number of benzene rings is 2. The Labute approximate surface area is 169 Å². The Bertz CT molecular complexity index is 1110. The van der Waals surface area contributed by atoms with Gasteiger partial charge in [0.05, 0.1) is 10.7 Å². The van der Waals surface area contributed by atoms with E-state index < -0.39 is 6.03 Å². The van der Waals surface area contributed by atoms with Gasteiger partial charge in [0.2, 0.25) is 0 Å². The molecule has 2 amide bonds. The van der Waals surface area contributed by atoms with E-state index in [9.17, 15) is 4.79 Å². The van der Waals surface area contributed by atoms with Crippen LogP contribution < -0.4 is 10.6 Å². The first-order valence-corrected chi connectivity index (χ1v) is 9.51. The second-order valence-corrected chi connectivity index (χ2v) is 7.45. The molecule has 0 aliphatic heterocycles. The van der Waals surface area contributed by atoms with E-state index in [2.05, 4.69) is 20.6 Å². The Morgan fingerprint density at radius 2 is 1.89 bits per heavy atom. The summed E-state index contributed by atoms with van der Waals surface area (Å²) in [4.78, 5) is 22.1. The number of hydrogen-bond acceptors (Lipinski definition) is 4. The highest BCUT2D eigenvalue weighted by Gasteiger charge is 2.10. The van der Waals surface area contributed by atoms with Gasteiger partial charge in [-0.05, 0) is 42.5 Å². The molecule has 0 aliphatic carbocycles. The summed E-state index contributed by atoms with van der Waals surface area (Å²) in [5, 5.41) is 7.21. The van der Waals surface area contributed by atoms with Crippen molar-refractivity contribution >= 4 is 62.3 Å². The molecule has 27 heavy (non-hydrogen) atoms. The first-order chi connectivity index (χ1) is 13.1. The number of anilines is 2. The largest absolute Gasteiger partial charge is 0.323 e. The van der Waals surface area contributed by atoms with E-state index in [4.69, 9.17) is 23.2 Å². The Kier molecular flexibility index (Phi) is 4.94. The molecule has 2 heterocycles. The molecule has 0 saturated carbocycles. The summed E-state index contributed by atoms with van der Waals surface area (Å²) in [7, 11) is 0. The Morgan fingerprint density at radius 1 is 1.00 bits per heavy atom. The molecule has 134 valence electrons. The summed E-state index contributed by atoms with van der Waals surface area (Å²) in [6.07, 6.45) is 1.74. The third-order valence-corrected chi connectivity index (χ3v) is 5.30. The number of aromatic nitrogens is 2. The fraction of sp³-hybridized carbons (Fsp3) is 0. The lowest BCUT2D eigenvalue weighted by molar-refractivity contribution is 0.262. The second-order valence-electron chi connectivity index (χ2n) is 5.63. The van der Waals surface area contributed by atoms with E-state index in [0.717, 1.165) is 20.9 Å². The summed E-state index contributed by atoms with van der Waals surface area (Å²) in [6, 6.07) is 15.7. The molecule has 4 aromatic rings. The quantitative estimate of drug-likeness (QED) is 0.412. The van der Waals surface area contributed by atoms with Crippen LogP contribution in [-0.2, 0) is 0 Å². The Balaban J connectivity index is 1.54. The molecule has 0 unspecified atom stereocenters. The fourth-order valence-corrected chi connectivity index (χ4v) is 3.74. The predicted molar refractivity (Wildman–Crippen MR) is 112 cm³/mol. The van der Waals surface area contributed by atoms with Crippen molar-refractivity contribution in [2.75, 3.05) is 10.6 Å². The van der Waals surface area contributed by atoms with E-state index in [0.29, 0.717) is 21.4 Å². The average Bonchev–Trinajstić information content (AvgIpc) is 3.09. The van der Waals surface area contributed by atoms with Crippen molar-refractivity contribution in [3.05, 3.63) is 70.8 Å². The number of amides is 2. The molecule has 0 atom stereocenters. The Hall–Kier alpha value is -2.67. The van der Waals surface area contributed by atoms with Crippen molar-refractivity contribution in [2.24, 2.45) is 0 Å². The lowest BCUT2D eigenvalue weighted by atomic mass is 10.2. The van der Waals surface area contributed by atoms with Gasteiger partial charge in [0.25, 0.3) is 0 Å². The maximum Gasteiger partial charge on any atom is 0.323 e. The number of nitrogens with zero attached hydrogens (tertiary/aromatic N) is 2. The minimum atomic E-state index is -0.415. The smallest absolute Gasteiger partial charge is 0.308 e. The summed E-state index contributed by atoms with van der Waals surface area (Å²) in [6.45, 7) is 0. The monoisotopic (exact) mass is 414 g/mol. The van der Waals surface area contributed by atoms with E-state index >= 15 is 0 Å². The minimum Gasteiger partial charge on any atom is -0.308 e. The number of thiazole rings is 1. The molecule has 0 aliphatic rings. The van der Waals surface area contributed by atoms with Crippen LogP contribution >= 0.6 is 34.5 Å². The van der Waals surface area contributed by atoms with Crippen molar-refractivity contribution in [3.63, 3.8) is 0 Å². The number of pyridine rings is 1. The lowest BCUT2D eigenvalue weighted by Gasteiger charge is -2.10. The SMILES string of the molecule is O=C(Nc1cccc(-c2nc3cccnc3s2)c1)Nc1cc(Cl)ccc1Cl. The zero-order chi connectivity index (χ0) is 18.8. The van der Waals surface area contributed by atoms with Crippen LogP contribution in [0.15, 0.2) is 60.8 Å². The fourth-order valence-electron chi connectivity index (χ4n) is 2.50. The van der Waals surface area contributed by atoms with Crippen LogP contribution in [0.2, 0.25) is 10.0 Å². The van der Waals surface area contributed by atoms with Crippen LogP contribution in [0.4, 0.5) is 16.2 Å². The Morgan fingerprint density at radius 3 is 2.74 bits per heavy atom. The predicted octanol–water partition coefficient (Wildman–Crippen LogP) is 6.31. The zero-order valence-electron chi connectivity index (χ0n) is 13.7. The molecule has 0 bridgehead atoms. The van der Waals surface area contributed by atoms with Gasteiger partial charge in [-0.3, -0.25) is 0 Å². The molecule has 0 fully saturated rings. The lowest BCUT2D eigenvalue weighted by Crippen LogP contribution is -2.19. The van der Waals surface area contributed by atoms with Gasteiger partial charge in [-0.25, -0.2) is 14.8 Å². The van der Waals surface area contributed by atoms with Crippen LogP contribution in [0.1, 0.15) is 0 Å². The third-order valence-electron chi connectivity index (χ3n) is 3.71. The van der Waals surface area contributed by atoms with E-state index in [1.54, 1.807) is 30.5 Å². The standard InChI is InChI=1S/C19H12Cl2N4OS/c20-12-6-7-14(21)16(10-12)25-19(26)23-13-4-1-3-11(9-13)17-24-15-5-2-8-22-18(15)27-17/h1-10H,(H2,23,25,26). The number of nitrogens with one attached hydrogen (secondary N) is 2. The number of carbonyl (C=O) groups is 1. The molecule has 4 rings (SSSR count). The summed E-state index contributed by atoms with van der Waals surface area (Å²) >= 11 is 13.5. The van der Waals surface area contributed by atoms with Crippen molar-refractivity contribution in [1.82, 2.24) is 9.97 Å². The first kappa shape index (κ1) is 17.7. The number of rotatable bonds is 3. The molecule has 8 heteroatoms. The van der Waals surface area contributed by atoms with Gasteiger partial charge >= 0.3 is 6.03 Å². The number of urea groups is 1. The van der Waals surface area contributed by atoms with Gasteiger partial charge in [0.1, 0.15) is 15.4 Å². The molecular formula is C19H12Cl2N4OS. The van der Waals surface area contributed by atoms with Gasteiger partial charge in [-0.15, -0.1) is 0 Å². The molecule has 5 nitrogen and oxygen atoms in total. The van der Waals surface area contributed by atoms with Crippen molar-refractivity contribution in [1.29, 1.82) is 0 Å². The van der Waals surface area contributed by atoms with Gasteiger partial charge in [-0.1, -0.05) is 46.7 Å². The van der Waals surface area contributed by atoms with Crippen molar-refractivity contribution in [3.8, 4) is 10.6 Å². The molecule has 0 radical (unpaired) electrons. The van der Waals surface area contributed by atoms with Gasteiger partial charge in [0, 0.05) is 22.5 Å². The van der Waals surface area contributed by atoms with E-state index in [-0.39, 0.29) is 0 Å². The second kappa shape index (κ2) is 7.52. The van der Waals surface area contributed by atoms with E-state index in [1.807, 2.05) is 30.3 Å². The van der Waals surface area contributed by atoms with Crippen molar-refractivity contribution in [2.45, 2.75) is 0 Å². The molecule has 2 aromatic carbocycles. The van der Waals surface area contributed by atoms with Crippen LogP contribution in [0.5, 0.6) is 0 Å². The first-order valence-electron chi connectivity index (χ1n) is 7.93. The number of hydrogen-bond donors (Lipinski definition) is 2. The highest BCUT2D eigenvalue weighted by atomic mass is 35.5. The number of halogens is 2. The van der Waals surface area contributed by atoms with Gasteiger partial charge in [0.15, 0.2) is 0 Å². The number of fused-ring (bicyclic) bond motifs is 1. The number of carbonyl (C=O) groups excluding carboxylic acids is 1. The van der Waals surface area contributed by atoms with Crippen LogP contribution in [-0.4, -0.2) is 16.0 Å². The molecule has 2 aromatic heterocycles. The van der Waals surface area contributed by atoms with Crippen LogP contribution in [0, 0.1) is 0 Å². The summed E-state index contributed by atoms with van der Waals surface area (Å²) < 4.78 is 0. The zero-order valence-corrected chi connectivity index (χ0v) is 16.1. The molecular weight excluding hydrogens is 403 g/mol. The van der Waals surface area contributed by atoms with E-state index in [1.165, 1.54) is 11.3 Å². The molecule has 2 N–H and O–H groups in total. The van der Waals surface area contributed by atoms with Crippen LogP contribution in [0.25, 0.3) is 20.9 Å². The van der Waals surface area contributed by atoms with Crippen molar-refractivity contribution < 1.29 is 4.79 Å². The van der Waals surface area contributed by atoms with Gasteiger partial charge in [-0.2, -0.15) is 0 Å².